The SMILES string of the molecule is Cc1cccc(C2C(C(=O)c3cc4cc(Br)ccc4o3)=C(O)C(=O)N2c2ccccc2C)c1. The first-order chi connectivity index (χ1) is 15.8. The van der Waals surface area contributed by atoms with Gasteiger partial charge in [-0.3, -0.25) is 14.5 Å². The second kappa shape index (κ2) is 8.05. The Morgan fingerprint density at radius 1 is 1.00 bits per heavy atom. The number of carbonyl (C=O) groups is 2. The molecule has 5 rings (SSSR count). The van der Waals surface area contributed by atoms with Crippen molar-refractivity contribution < 1.29 is 19.1 Å². The van der Waals surface area contributed by atoms with Gasteiger partial charge in [0, 0.05) is 15.5 Å². The Bertz CT molecular complexity index is 1470. The molecule has 0 radical (unpaired) electrons. The molecule has 2 heterocycles. The highest BCUT2D eigenvalue weighted by Gasteiger charge is 2.45. The molecule has 0 aliphatic carbocycles. The number of hydrogen-bond acceptors (Lipinski definition) is 4. The predicted molar refractivity (Wildman–Crippen MR) is 130 cm³/mol. The number of aliphatic hydroxyl groups excluding tert-OH is 1. The third kappa shape index (κ3) is 3.56. The van der Waals surface area contributed by atoms with Crippen LogP contribution in [0.4, 0.5) is 5.69 Å². The van der Waals surface area contributed by atoms with E-state index in [4.69, 9.17) is 4.42 Å². The molecular weight excluding hydrogens is 482 g/mol. The monoisotopic (exact) mass is 501 g/mol. The number of Topliss-reactive ketones (excluding diaryl/α,β-unsaturated/α-hetero) is 1. The van der Waals surface area contributed by atoms with Crippen LogP contribution in [0.25, 0.3) is 11.0 Å². The van der Waals surface area contributed by atoms with Crippen molar-refractivity contribution in [2.75, 3.05) is 4.90 Å². The molecule has 0 spiro atoms. The van der Waals surface area contributed by atoms with E-state index in [2.05, 4.69) is 15.9 Å². The van der Waals surface area contributed by atoms with E-state index in [0.717, 1.165) is 26.5 Å². The van der Waals surface area contributed by atoms with E-state index in [-0.39, 0.29) is 11.3 Å². The molecule has 1 aliphatic heterocycles. The summed E-state index contributed by atoms with van der Waals surface area (Å²) in [6.45, 7) is 3.84. The van der Waals surface area contributed by atoms with Gasteiger partial charge in [0.1, 0.15) is 5.58 Å². The molecule has 6 heteroatoms. The summed E-state index contributed by atoms with van der Waals surface area (Å²) in [5, 5.41) is 11.7. The number of para-hydroxylation sites is 1. The third-order valence-corrected chi connectivity index (χ3v) is 6.38. The number of halogens is 1. The van der Waals surface area contributed by atoms with Crippen LogP contribution in [0.1, 0.15) is 33.3 Å². The van der Waals surface area contributed by atoms with E-state index in [9.17, 15) is 14.7 Å². The fourth-order valence-electron chi connectivity index (χ4n) is 4.33. The maximum Gasteiger partial charge on any atom is 0.294 e. The molecule has 1 amide bonds. The van der Waals surface area contributed by atoms with Crippen molar-refractivity contribution in [2.24, 2.45) is 0 Å². The van der Waals surface area contributed by atoms with Crippen LogP contribution in [0.2, 0.25) is 0 Å². The minimum atomic E-state index is -0.786. The number of ketones is 1. The number of benzene rings is 3. The van der Waals surface area contributed by atoms with Gasteiger partial charge in [-0.15, -0.1) is 0 Å². The molecule has 1 atom stereocenters. The Morgan fingerprint density at radius 3 is 2.55 bits per heavy atom. The second-order valence-electron chi connectivity index (χ2n) is 8.16. The normalized spacial score (nSPS) is 16.2. The fraction of sp³-hybridized carbons (Fsp3) is 0.111. The number of fused-ring (bicyclic) bond motifs is 1. The zero-order valence-corrected chi connectivity index (χ0v) is 19.6. The van der Waals surface area contributed by atoms with Gasteiger partial charge >= 0.3 is 0 Å². The molecule has 0 bridgehead atoms. The number of hydrogen-bond donors (Lipinski definition) is 1. The maximum atomic E-state index is 13.7. The number of aliphatic hydroxyl groups is 1. The first-order valence-corrected chi connectivity index (χ1v) is 11.3. The van der Waals surface area contributed by atoms with Crippen LogP contribution in [-0.4, -0.2) is 16.8 Å². The predicted octanol–water partition coefficient (Wildman–Crippen LogP) is 6.60. The van der Waals surface area contributed by atoms with E-state index in [1.165, 1.54) is 4.90 Å². The molecule has 0 saturated carbocycles. The first-order valence-electron chi connectivity index (χ1n) is 10.5. The van der Waals surface area contributed by atoms with Gasteiger partial charge in [0.05, 0.1) is 11.6 Å². The van der Waals surface area contributed by atoms with Crippen molar-refractivity contribution >= 4 is 44.3 Å². The largest absolute Gasteiger partial charge is 0.503 e. The average Bonchev–Trinajstić information content (AvgIpc) is 3.32. The van der Waals surface area contributed by atoms with E-state index < -0.39 is 23.5 Å². The van der Waals surface area contributed by atoms with Gasteiger partial charge in [-0.25, -0.2) is 0 Å². The van der Waals surface area contributed by atoms with Crippen molar-refractivity contribution in [3.63, 3.8) is 0 Å². The maximum absolute atomic E-state index is 13.7. The van der Waals surface area contributed by atoms with Crippen molar-refractivity contribution in [3.05, 3.63) is 111 Å². The Balaban J connectivity index is 1.68. The summed E-state index contributed by atoms with van der Waals surface area (Å²) in [7, 11) is 0. The smallest absolute Gasteiger partial charge is 0.294 e. The minimum absolute atomic E-state index is 0.00646. The van der Waals surface area contributed by atoms with Gasteiger partial charge in [-0.05, 0) is 55.3 Å². The van der Waals surface area contributed by atoms with Gasteiger partial charge < -0.3 is 9.52 Å². The quantitative estimate of drug-likeness (QED) is 0.320. The summed E-state index contributed by atoms with van der Waals surface area (Å²) >= 11 is 3.42. The lowest BCUT2D eigenvalue weighted by molar-refractivity contribution is -0.117. The van der Waals surface area contributed by atoms with Crippen LogP contribution in [-0.2, 0) is 4.79 Å². The highest BCUT2D eigenvalue weighted by Crippen LogP contribution is 2.43. The van der Waals surface area contributed by atoms with Crippen molar-refractivity contribution in [2.45, 2.75) is 19.9 Å². The highest BCUT2D eigenvalue weighted by atomic mass is 79.9. The second-order valence-corrected chi connectivity index (χ2v) is 9.08. The van der Waals surface area contributed by atoms with Crippen LogP contribution in [0.15, 0.2) is 93.0 Å². The molecule has 5 nitrogen and oxygen atoms in total. The highest BCUT2D eigenvalue weighted by molar-refractivity contribution is 9.10. The molecule has 3 aromatic carbocycles. The zero-order chi connectivity index (χ0) is 23.3. The molecule has 0 fully saturated rings. The lowest BCUT2D eigenvalue weighted by atomic mass is 9.93. The Morgan fingerprint density at radius 2 is 1.79 bits per heavy atom. The summed E-state index contributed by atoms with van der Waals surface area (Å²) in [5.41, 5.74) is 3.77. The number of rotatable bonds is 4. The summed E-state index contributed by atoms with van der Waals surface area (Å²) in [4.78, 5) is 28.5. The van der Waals surface area contributed by atoms with Crippen LogP contribution < -0.4 is 4.90 Å². The molecule has 4 aromatic rings. The van der Waals surface area contributed by atoms with Crippen LogP contribution in [0.5, 0.6) is 0 Å². The Kier molecular flexibility index (Phi) is 5.17. The van der Waals surface area contributed by atoms with Crippen molar-refractivity contribution in [1.82, 2.24) is 0 Å². The third-order valence-electron chi connectivity index (χ3n) is 5.89. The summed E-state index contributed by atoms with van der Waals surface area (Å²) in [6.07, 6.45) is 0. The number of anilines is 1. The molecule has 0 saturated heterocycles. The summed E-state index contributed by atoms with van der Waals surface area (Å²) in [5.74, 6) is -1.62. The molecule has 1 aromatic heterocycles. The fourth-order valence-corrected chi connectivity index (χ4v) is 4.71. The molecular formula is C27H20BrNO4. The van der Waals surface area contributed by atoms with Crippen molar-refractivity contribution in [3.8, 4) is 0 Å². The van der Waals surface area contributed by atoms with Gasteiger partial charge in [-0.2, -0.15) is 0 Å². The minimum Gasteiger partial charge on any atom is -0.503 e. The van der Waals surface area contributed by atoms with Crippen LogP contribution in [0.3, 0.4) is 0 Å². The summed E-state index contributed by atoms with van der Waals surface area (Å²) < 4.78 is 6.67. The average molecular weight is 502 g/mol. The van der Waals surface area contributed by atoms with Gasteiger partial charge in [-0.1, -0.05) is 64.0 Å². The van der Waals surface area contributed by atoms with Crippen molar-refractivity contribution in [1.29, 1.82) is 0 Å². The molecule has 1 N–H and O–H groups in total. The van der Waals surface area contributed by atoms with Gasteiger partial charge in [0.25, 0.3) is 5.91 Å². The molecule has 33 heavy (non-hydrogen) atoms. The number of nitrogens with zero attached hydrogens (tertiary/aromatic N) is 1. The van der Waals surface area contributed by atoms with Gasteiger partial charge in [0.2, 0.25) is 5.78 Å². The number of aryl methyl sites for hydroxylation is 2. The van der Waals surface area contributed by atoms with Crippen LogP contribution >= 0.6 is 15.9 Å². The van der Waals surface area contributed by atoms with Gasteiger partial charge in [0.15, 0.2) is 11.5 Å². The number of furan rings is 1. The topological polar surface area (TPSA) is 70.7 Å². The lowest BCUT2D eigenvalue weighted by Gasteiger charge is -2.28. The number of amides is 1. The molecule has 1 aliphatic rings. The van der Waals surface area contributed by atoms with E-state index >= 15 is 0 Å². The first kappa shape index (κ1) is 21.2. The number of carbonyl (C=O) groups excluding carboxylic acids is 2. The Hall–Kier alpha value is -3.64. The summed E-state index contributed by atoms with van der Waals surface area (Å²) in [6, 6.07) is 21.3. The zero-order valence-electron chi connectivity index (χ0n) is 18.0. The lowest BCUT2D eigenvalue weighted by Crippen LogP contribution is -2.31. The van der Waals surface area contributed by atoms with Crippen LogP contribution in [0, 0.1) is 13.8 Å². The molecule has 164 valence electrons. The van der Waals surface area contributed by atoms with E-state index in [1.54, 1.807) is 12.1 Å². The Labute approximate surface area is 199 Å². The van der Waals surface area contributed by atoms with E-state index in [0.29, 0.717) is 11.3 Å². The standard InChI is InChI=1S/C27H20BrNO4/c1-15-6-5-8-17(12-15)24-23(25(30)22-14-18-13-19(28)10-11-21(18)33-22)26(31)27(32)29(24)20-9-4-3-7-16(20)2/h3-14,24,31H,1-2H3. The van der Waals surface area contributed by atoms with E-state index in [1.807, 2.05) is 74.5 Å². The molecule has 1 unspecified atom stereocenters.